The highest BCUT2D eigenvalue weighted by Gasteiger charge is 2.22. The number of H-pyrrole nitrogens is 1. The Hall–Kier alpha value is -3.85. The second kappa shape index (κ2) is 8.26. The van der Waals surface area contributed by atoms with Crippen LogP contribution in [0.3, 0.4) is 0 Å². The second-order valence-corrected chi connectivity index (χ2v) is 6.83. The molecule has 0 unspecified atom stereocenters. The Morgan fingerprint density at radius 2 is 1.67 bits per heavy atom. The van der Waals surface area contributed by atoms with E-state index in [2.05, 4.69) is 20.6 Å². The highest BCUT2D eigenvalue weighted by Crippen LogP contribution is 2.21. The summed E-state index contributed by atoms with van der Waals surface area (Å²) in [4.78, 5) is 33.6. The summed E-state index contributed by atoms with van der Waals surface area (Å²) >= 11 is 5.84. The molecule has 30 heavy (non-hydrogen) atoms. The van der Waals surface area contributed by atoms with Crippen molar-refractivity contribution in [2.75, 3.05) is 28.7 Å². The van der Waals surface area contributed by atoms with E-state index in [4.69, 9.17) is 21.7 Å². The van der Waals surface area contributed by atoms with Gasteiger partial charge in [-0.15, -0.1) is 0 Å². The third-order valence-electron chi connectivity index (χ3n) is 4.42. The van der Waals surface area contributed by atoms with E-state index in [1.54, 1.807) is 53.4 Å². The van der Waals surface area contributed by atoms with Crippen molar-refractivity contribution in [1.82, 2.24) is 9.97 Å². The fraction of sp³-hybridized carbons (Fsp3) is 0.100. The molecule has 0 spiro atoms. The smallest absolute Gasteiger partial charge is 0.289 e. The van der Waals surface area contributed by atoms with Crippen LogP contribution in [0, 0.1) is 5.41 Å². The molecule has 0 aliphatic carbocycles. The van der Waals surface area contributed by atoms with Crippen LogP contribution < -0.4 is 15.5 Å². The summed E-state index contributed by atoms with van der Waals surface area (Å²) in [5.41, 5.74) is 1.88. The first-order valence-corrected chi connectivity index (χ1v) is 9.39. The van der Waals surface area contributed by atoms with Crippen LogP contribution in [0.25, 0.3) is 0 Å². The monoisotopic (exact) mass is 424 g/mol. The number of carbonyl (C=O) groups is 2. The molecule has 0 atom stereocenters. The number of imidazole rings is 1. The van der Waals surface area contributed by atoms with Gasteiger partial charge in [-0.2, -0.15) is 0 Å². The number of amides is 2. The molecule has 4 N–H and O–H groups in total. The molecule has 2 heterocycles. The minimum atomic E-state index is -0.522. The van der Waals surface area contributed by atoms with E-state index in [-0.39, 0.29) is 17.4 Å². The Balaban J connectivity index is 1.44. The topological polar surface area (TPSA) is 123 Å². The molecule has 152 valence electrons. The molecule has 1 aliphatic rings. The zero-order valence-electron chi connectivity index (χ0n) is 15.6. The van der Waals surface area contributed by atoms with Gasteiger partial charge in [-0.3, -0.25) is 19.9 Å². The van der Waals surface area contributed by atoms with Crippen molar-refractivity contribution in [2.45, 2.75) is 0 Å². The van der Waals surface area contributed by atoms with Gasteiger partial charge in [0.05, 0.1) is 12.9 Å². The van der Waals surface area contributed by atoms with E-state index < -0.39 is 11.8 Å². The van der Waals surface area contributed by atoms with E-state index in [0.717, 1.165) is 5.69 Å². The molecular formula is C20H17ClN6O3. The van der Waals surface area contributed by atoms with Gasteiger partial charge >= 0.3 is 0 Å². The largest absolute Gasteiger partial charge is 0.463 e. The number of anilines is 3. The van der Waals surface area contributed by atoms with Crippen LogP contribution in [-0.4, -0.2) is 41.0 Å². The number of halogens is 1. The fourth-order valence-electron chi connectivity index (χ4n) is 2.94. The van der Waals surface area contributed by atoms with Crippen molar-refractivity contribution < 1.29 is 14.3 Å². The van der Waals surface area contributed by atoms with Gasteiger partial charge in [0.2, 0.25) is 0 Å². The molecule has 0 saturated carbocycles. The number of carbonyl (C=O) groups excluding carboxylic acids is 2. The van der Waals surface area contributed by atoms with Crippen molar-refractivity contribution in [1.29, 1.82) is 5.41 Å². The van der Waals surface area contributed by atoms with E-state index in [9.17, 15) is 9.59 Å². The number of nitrogens with one attached hydrogen (secondary N) is 4. The van der Waals surface area contributed by atoms with Gasteiger partial charge in [0.1, 0.15) is 12.3 Å². The molecule has 4 rings (SSSR count). The van der Waals surface area contributed by atoms with Crippen molar-refractivity contribution in [3.05, 3.63) is 71.3 Å². The molecule has 0 bridgehead atoms. The lowest BCUT2D eigenvalue weighted by atomic mass is 10.2. The summed E-state index contributed by atoms with van der Waals surface area (Å²) in [5, 5.41) is 13.7. The van der Waals surface area contributed by atoms with Crippen LogP contribution in [0.5, 0.6) is 0 Å². The zero-order chi connectivity index (χ0) is 21.1. The van der Waals surface area contributed by atoms with Crippen LogP contribution in [0.15, 0.2) is 54.9 Å². The normalized spacial score (nSPS) is 13.1. The maximum atomic E-state index is 12.6. The molecule has 0 radical (unpaired) electrons. The van der Waals surface area contributed by atoms with E-state index in [1.165, 1.54) is 6.33 Å². The van der Waals surface area contributed by atoms with Gasteiger partial charge in [-0.05, 0) is 48.5 Å². The van der Waals surface area contributed by atoms with E-state index >= 15 is 0 Å². The molecule has 10 heteroatoms. The molecule has 2 aromatic carbocycles. The van der Waals surface area contributed by atoms with Crippen molar-refractivity contribution >= 4 is 46.5 Å². The van der Waals surface area contributed by atoms with Crippen LogP contribution in [0.2, 0.25) is 5.02 Å². The van der Waals surface area contributed by atoms with Gasteiger partial charge in [0, 0.05) is 22.1 Å². The average molecular weight is 425 g/mol. The lowest BCUT2D eigenvalue weighted by Crippen LogP contribution is -2.24. The summed E-state index contributed by atoms with van der Waals surface area (Å²) in [6.45, 7) is 1.07. The van der Waals surface area contributed by atoms with Gasteiger partial charge in [-0.1, -0.05) is 11.6 Å². The Labute approximate surface area is 176 Å². The molecular weight excluding hydrogens is 408 g/mol. The van der Waals surface area contributed by atoms with Gasteiger partial charge in [-0.25, -0.2) is 4.98 Å². The molecule has 9 nitrogen and oxygen atoms in total. The molecule has 3 aromatic rings. The number of aromatic amines is 1. The Kier molecular flexibility index (Phi) is 5.36. The van der Waals surface area contributed by atoms with Gasteiger partial charge in [0.25, 0.3) is 17.8 Å². The predicted octanol–water partition coefficient (Wildman–Crippen LogP) is 3.34. The first kappa shape index (κ1) is 19.5. The summed E-state index contributed by atoms with van der Waals surface area (Å²) in [7, 11) is 0. The minimum absolute atomic E-state index is 0.0262. The van der Waals surface area contributed by atoms with Crippen LogP contribution in [-0.2, 0) is 4.74 Å². The Bertz CT molecular complexity index is 1090. The van der Waals surface area contributed by atoms with Crippen molar-refractivity contribution in [3.63, 3.8) is 0 Å². The molecule has 1 aromatic heterocycles. The molecule has 1 aliphatic heterocycles. The Morgan fingerprint density at radius 1 is 1.03 bits per heavy atom. The minimum Gasteiger partial charge on any atom is -0.463 e. The van der Waals surface area contributed by atoms with Crippen molar-refractivity contribution in [2.24, 2.45) is 0 Å². The van der Waals surface area contributed by atoms with Gasteiger partial charge < -0.3 is 20.4 Å². The van der Waals surface area contributed by atoms with Crippen LogP contribution in [0.4, 0.5) is 17.1 Å². The summed E-state index contributed by atoms with van der Waals surface area (Å²) < 4.78 is 5.13. The maximum absolute atomic E-state index is 12.6. The first-order chi connectivity index (χ1) is 14.5. The number of hydrogen-bond donors (Lipinski definition) is 4. The number of ether oxygens (including phenoxy) is 1. The molecule has 1 saturated heterocycles. The summed E-state index contributed by atoms with van der Waals surface area (Å²) in [6, 6.07) is 13.7. The third kappa shape index (κ3) is 4.11. The van der Waals surface area contributed by atoms with Gasteiger partial charge in [0.15, 0.2) is 5.69 Å². The number of nitrogens with zero attached hydrogens (tertiary/aromatic N) is 2. The number of hydrogen-bond acceptors (Lipinski definition) is 5. The third-order valence-corrected chi connectivity index (χ3v) is 4.67. The molecule has 2 amide bonds. The van der Waals surface area contributed by atoms with Crippen LogP contribution in [0.1, 0.15) is 21.0 Å². The summed E-state index contributed by atoms with van der Waals surface area (Å²) in [6.07, 6.45) is 1.29. The SMILES string of the molecule is N=C1OCCN1c1ccc(NC(=O)c2[nH]cnc2C(=O)Nc2ccc(Cl)cc2)cc1. The maximum Gasteiger partial charge on any atom is 0.289 e. The van der Waals surface area contributed by atoms with E-state index in [1.807, 2.05) is 0 Å². The highest BCUT2D eigenvalue weighted by molar-refractivity contribution is 6.30. The van der Waals surface area contributed by atoms with E-state index in [0.29, 0.717) is 29.5 Å². The second-order valence-electron chi connectivity index (χ2n) is 6.39. The number of amidine groups is 1. The first-order valence-electron chi connectivity index (χ1n) is 9.02. The lowest BCUT2D eigenvalue weighted by Gasteiger charge is -2.15. The van der Waals surface area contributed by atoms with Crippen molar-refractivity contribution in [3.8, 4) is 0 Å². The predicted molar refractivity (Wildman–Crippen MR) is 113 cm³/mol. The number of rotatable bonds is 5. The number of benzene rings is 2. The highest BCUT2D eigenvalue weighted by atomic mass is 35.5. The average Bonchev–Trinajstić information content (AvgIpc) is 3.39. The molecule has 1 fully saturated rings. The quantitative estimate of drug-likeness (QED) is 0.500. The number of aromatic nitrogens is 2. The van der Waals surface area contributed by atoms with Crippen LogP contribution >= 0.6 is 11.6 Å². The zero-order valence-corrected chi connectivity index (χ0v) is 16.4. The lowest BCUT2D eigenvalue weighted by molar-refractivity contribution is 0.0985. The standard InChI is InChI=1S/C20H17ClN6O3/c21-12-1-3-13(4-2-12)25-18(28)16-17(24-11-23-16)19(29)26-14-5-7-15(8-6-14)27-9-10-30-20(27)22/h1-8,11,22H,9-10H2,(H,23,24)(H,25,28)(H,26,29). The fourth-order valence-corrected chi connectivity index (χ4v) is 3.07. The Morgan fingerprint density at radius 3 is 2.30 bits per heavy atom. The summed E-state index contributed by atoms with van der Waals surface area (Å²) in [5.74, 6) is -1.02.